The standard InChI is InChI=1S/C28H41N3O6/c1-19(23-10-8-13-31(23)2)37-24-17-22(20-11-14-34-18-20)29-27(30-24)25(32)21-9-6-4-3-5-7-12-28(26(21)33)35-15-16-36-28/h17,19-21,23H,3-16,18H2,1-2H3/t19-,20+,21?,23-/m0/s1. The van der Waals surface area contributed by atoms with Crippen LogP contribution in [-0.4, -0.2) is 84.4 Å². The Morgan fingerprint density at radius 1 is 1.05 bits per heavy atom. The molecule has 204 valence electrons. The third-order valence-corrected chi connectivity index (χ3v) is 8.48. The lowest BCUT2D eigenvalue weighted by Crippen LogP contribution is -2.46. The van der Waals surface area contributed by atoms with Gasteiger partial charge in [-0.3, -0.25) is 14.5 Å². The zero-order valence-electron chi connectivity index (χ0n) is 22.3. The number of rotatable bonds is 6. The van der Waals surface area contributed by atoms with Gasteiger partial charge in [-0.05, 0) is 52.6 Å². The second kappa shape index (κ2) is 11.8. The van der Waals surface area contributed by atoms with Crippen LogP contribution in [0.1, 0.15) is 93.4 Å². The van der Waals surface area contributed by atoms with Crippen molar-refractivity contribution >= 4 is 11.6 Å². The van der Waals surface area contributed by atoms with Crippen molar-refractivity contribution in [3.8, 4) is 5.88 Å². The fourth-order valence-corrected chi connectivity index (χ4v) is 6.29. The van der Waals surface area contributed by atoms with Crippen LogP contribution in [0.2, 0.25) is 0 Å². The molecule has 0 amide bonds. The van der Waals surface area contributed by atoms with E-state index in [0.717, 1.165) is 63.6 Å². The van der Waals surface area contributed by atoms with Crippen molar-refractivity contribution in [2.75, 3.05) is 40.0 Å². The number of likely N-dealkylation sites (N-methyl/N-ethyl adjacent to an activating group) is 1. The van der Waals surface area contributed by atoms with Crippen molar-refractivity contribution in [3.63, 3.8) is 0 Å². The lowest BCUT2D eigenvalue weighted by molar-refractivity contribution is -0.186. The molecule has 9 heteroatoms. The molecule has 9 nitrogen and oxygen atoms in total. The quantitative estimate of drug-likeness (QED) is 0.415. The highest BCUT2D eigenvalue weighted by Crippen LogP contribution is 2.35. The Balaban J connectivity index is 1.44. The second-order valence-corrected chi connectivity index (χ2v) is 11.1. The van der Waals surface area contributed by atoms with Crippen molar-refractivity contribution < 1.29 is 28.5 Å². The van der Waals surface area contributed by atoms with E-state index in [0.29, 0.717) is 51.2 Å². The Morgan fingerprint density at radius 2 is 1.84 bits per heavy atom. The number of likely N-dealkylation sites (tertiary alicyclic amines) is 1. The molecule has 0 N–H and O–H groups in total. The normalized spacial score (nSPS) is 30.0. The second-order valence-electron chi connectivity index (χ2n) is 11.1. The number of nitrogens with zero attached hydrogens (tertiary/aromatic N) is 3. The van der Waals surface area contributed by atoms with Gasteiger partial charge in [0.15, 0.2) is 5.82 Å². The molecule has 4 fully saturated rings. The number of carbonyl (C=O) groups is 2. The summed E-state index contributed by atoms with van der Waals surface area (Å²) in [5, 5.41) is 0. The van der Waals surface area contributed by atoms with Crippen molar-refractivity contribution in [2.45, 2.75) is 95.0 Å². The van der Waals surface area contributed by atoms with Crippen molar-refractivity contribution in [1.29, 1.82) is 0 Å². The molecule has 1 aromatic heterocycles. The topological polar surface area (TPSA) is 100 Å². The van der Waals surface area contributed by atoms with Gasteiger partial charge >= 0.3 is 0 Å². The van der Waals surface area contributed by atoms with E-state index < -0.39 is 11.7 Å². The highest BCUT2D eigenvalue weighted by atomic mass is 16.7. The molecular weight excluding hydrogens is 474 g/mol. The maximum Gasteiger partial charge on any atom is 0.229 e. The summed E-state index contributed by atoms with van der Waals surface area (Å²) in [5.41, 5.74) is 0.744. The predicted octanol–water partition coefficient (Wildman–Crippen LogP) is 3.70. The van der Waals surface area contributed by atoms with E-state index in [9.17, 15) is 9.59 Å². The van der Waals surface area contributed by atoms with Crippen LogP contribution in [0.5, 0.6) is 5.88 Å². The van der Waals surface area contributed by atoms with Crippen LogP contribution in [0, 0.1) is 5.92 Å². The number of Topliss-reactive ketones (excluding diaryl/α,β-unsaturated/α-hetero) is 2. The highest BCUT2D eigenvalue weighted by Gasteiger charge is 2.49. The van der Waals surface area contributed by atoms with E-state index in [1.807, 2.05) is 6.07 Å². The van der Waals surface area contributed by atoms with Crippen molar-refractivity contribution in [3.05, 3.63) is 17.6 Å². The third-order valence-electron chi connectivity index (χ3n) is 8.48. The summed E-state index contributed by atoms with van der Waals surface area (Å²) in [4.78, 5) is 39.4. The van der Waals surface area contributed by atoms with E-state index in [2.05, 4.69) is 23.9 Å². The van der Waals surface area contributed by atoms with Crippen LogP contribution in [-0.2, 0) is 19.0 Å². The Morgan fingerprint density at radius 3 is 2.57 bits per heavy atom. The van der Waals surface area contributed by atoms with Gasteiger partial charge in [0.1, 0.15) is 6.10 Å². The summed E-state index contributed by atoms with van der Waals surface area (Å²) in [6, 6.07) is 2.14. The Hall–Kier alpha value is -1.94. The van der Waals surface area contributed by atoms with E-state index >= 15 is 0 Å². The molecule has 1 unspecified atom stereocenters. The van der Waals surface area contributed by atoms with Crippen molar-refractivity contribution in [2.24, 2.45) is 5.92 Å². The first-order valence-corrected chi connectivity index (χ1v) is 14.2. The molecule has 1 saturated carbocycles. The molecule has 0 aromatic carbocycles. The van der Waals surface area contributed by atoms with Gasteiger partial charge in [-0.25, -0.2) is 4.98 Å². The van der Waals surface area contributed by atoms with Gasteiger partial charge in [-0.15, -0.1) is 0 Å². The average molecular weight is 516 g/mol. The van der Waals surface area contributed by atoms with Crippen LogP contribution in [0.4, 0.5) is 0 Å². The van der Waals surface area contributed by atoms with Crippen LogP contribution < -0.4 is 4.74 Å². The van der Waals surface area contributed by atoms with Gasteiger partial charge in [-0.2, -0.15) is 4.98 Å². The van der Waals surface area contributed by atoms with Gasteiger partial charge in [0, 0.05) is 31.1 Å². The van der Waals surface area contributed by atoms with E-state index in [-0.39, 0.29) is 29.4 Å². The van der Waals surface area contributed by atoms with Crippen molar-refractivity contribution in [1.82, 2.24) is 14.9 Å². The van der Waals surface area contributed by atoms with Gasteiger partial charge in [0.05, 0.1) is 31.4 Å². The van der Waals surface area contributed by atoms with Crippen LogP contribution in [0.15, 0.2) is 6.07 Å². The Bertz CT molecular complexity index is 959. The first kappa shape index (κ1) is 26.7. The summed E-state index contributed by atoms with van der Waals surface area (Å²) in [7, 11) is 2.11. The zero-order valence-corrected chi connectivity index (χ0v) is 22.3. The molecule has 0 bridgehead atoms. The SMILES string of the molecule is C[C@H](Oc1cc([C@@H]2CCOC2)nc(C(=O)C2CCCCCCCC3(OCCO3)C2=O)n1)[C@@H]1CCCN1C. The number of ether oxygens (including phenoxy) is 4. The van der Waals surface area contributed by atoms with E-state index in [1.54, 1.807) is 0 Å². The minimum Gasteiger partial charge on any atom is -0.473 e. The minimum absolute atomic E-state index is 0.0509. The smallest absolute Gasteiger partial charge is 0.229 e. The molecule has 3 aliphatic heterocycles. The van der Waals surface area contributed by atoms with Gasteiger partial charge in [0.2, 0.25) is 23.2 Å². The number of hydrogen-bond acceptors (Lipinski definition) is 9. The van der Waals surface area contributed by atoms with Crippen LogP contribution in [0.3, 0.4) is 0 Å². The summed E-state index contributed by atoms with van der Waals surface area (Å²) >= 11 is 0. The Kier molecular flexibility index (Phi) is 8.53. The van der Waals surface area contributed by atoms with Gasteiger partial charge in [0.25, 0.3) is 0 Å². The maximum absolute atomic E-state index is 14.0. The zero-order chi connectivity index (χ0) is 25.8. The number of aromatic nitrogens is 2. The molecular formula is C28H41N3O6. The predicted molar refractivity (Wildman–Crippen MR) is 136 cm³/mol. The van der Waals surface area contributed by atoms with Gasteiger partial charge < -0.3 is 18.9 Å². The van der Waals surface area contributed by atoms with E-state index in [4.69, 9.17) is 23.9 Å². The summed E-state index contributed by atoms with van der Waals surface area (Å²) < 4.78 is 23.7. The monoisotopic (exact) mass is 515 g/mol. The number of carbonyl (C=O) groups excluding carboxylic acids is 2. The maximum atomic E-state index is 14.0. The molecule has 4 aliphatic rings. The molecule has 1 aliphatic carbocycles. The van der Waals surface area contributed by atoms with Gasteiger partial charge in [-0.1, -0.05) is 25.7 Å². The first-order chi connectivity index (χ1) is 18.0. The fourth-order valence-electron chi connectivity index (χ4n) is 6.29. The molecule has 0 radical (unpaired) electrons. The molecule has 5 rings (SSSR count). The molecule has 1 aromatic rings. The average Bonchev–Trinajstić information content (AvgIpc) is 3.67. The molecule has 3 saturated heterocycles. The third kappa shape index (κ3) is 5.90. The first-order valence-electron chi connectivity index (χ1n) is 14.2. The lowest BCUT2D eigenvalue weighted by atomic mass is 9.84. The van der Waals surface area contributed by atoms with Crippen LogP contribution in [0.25, 0.3) is 0 Å². The number of hydrogen-bond donors (Lipinski definition) is 0. The van der Waals surface area contributed by atoms with E-state index in [1.165, 1.54) is 0 Å². The van der Waals surface area contributed by atoms with Crippen LogP contribution >= 0.6 is 0 Å². The molecule has 4 atom stereocenters. The number of ketones is 2. The summed E-state index contributed by atoms with van der Waals surface area (Å²) in [6.07, 6.45) is 8.62. The largest absolute Gasteiger partial charge is 0.473 e. The highest BCUT2D eigenvalue weighted by molar-refractivity contribution is 6.11. The Labute approximate surface area is 219 Å². The lowest BCUT2D eigenvalue weighted by Gasteiger charge is -2.30. The fraction of sp³-hybridized carbons (Fsp3) is 0.786. The summed E-state index contributed by atoms with van der Waals surface area (Å²) in [6.45, 7) is 5.05. The minimum atomic E-state index is -1.32. The molecule has 1 spiro atoms. The summed E-state index contributed by atoms with van der Waals surface area (Å²) in [5.74, 6) is -2.33. The molecule has 4 heterocycles. The molecule has 37 heavy (non-hydrogen) atoms.